The average Bonchev–Trinajstić information content (AvgIpc) is 3.76. The van der Waals surface area contributed by atoms with Gasteiger partial charge in [0.1, 0.15) is 0 Å². The number of benzene rings is 7. The van der Waals surface area contributed by atoms with Crippen molar-refractivity contribution < 1.29 is 8.22 Å². The summed E-state index contributed by atoms with van der Waals surface area (Å²) >= 11 is 1.13. The third kappa shape index (κ3) is 4.98. The number of aromatic nitrogens is 3. The molecule has 0 N–H and O–H groups in total. The van der Waals surface area contributed by atoms with Gasteiger partial charge in [0.15, 0.2) is 17.5 Å². The summed E-state index contributed by atoms with van der Waals surface area (Å²) in [4.78, 5) is 14.9. The lowest BCUT2D eigenvalue weighted by molar-refractivity contribution is 0.660. The number of rotatable bonds is 5. The van der Waals surface area contributed by atoms with Crippen LogP contribution in [0.5, 0.6) is 0 Å². The van der Waals surface area contributed by atoms with E-state index in [2.05, 4.69) is 62.4 Å². The molecule has 0 radical (unpaired) electrons. The molecular formula is C48H33N3S. The molecule has 0 spiro atoms. The molecule has 4 heteroatoms. The second kappa shape index (κ2) is 11.9. The van der Waals surface area contributed by atoms with Crippen molar-refractivity contribution in [3.63, 3.8) is 0 Å². The van der Waals surface area contributed by atoms with Crippen LogP contribution >= 0.6 is 11.3 Å². The van der Waals surface area contributed by atoms with Gasteiger partial charge in [-0.05, 0) is 62.7 Å². The molecular weight excluding hydrogens is 651 g/mol. The average molecular weight is 690 g/mol. The van der Waals surface area contributed by atoms with E-state index in [-0.39, 0.29) is 53.1 Å². The monoisotopic (exact) mass is 689 g/mol. The Hall–Kier alpha value is -6.23. The minimum absolute atomic E-state index is 0.0539. The predicted octanol–water partition coefficient (Wildman–Crippen LogP) is 12.9. The second-order valence-electron chi connectivity index (χ2n) is 13.6. The Morgan fingerprint density at radius 3 is 1.85 bits per heavy atom. The van der Waals surface area contributed by atoms with Gasteiger partial charge in [-0.15, -0.1) is 11.3 Å². The number of hydrogen-bond acceptors (Lipinski definition) is 4. The van der Waals surface area contributed by atoms with Crippen molar-refractivity contribution in [3.05, 3.63) is 175 Å². The van der Waals surface area contributed by atoms with E-state index in [1.165, 1.54) is 11.1 Å². The molecule has 52 heavy (non-hydrogen) atoms. The van der Waals surface area contributed by atoms with Gasteiger partial charge in [0, 0.05) is 42.3 Å². The molecule has 0 aliphatic heterocycles. The van der Waals surface area contributed by atoms with Crippen molar-refractivity contribution in [2.45, 2.75) is 19.3 Å². The van der Waals surface area contributed by atoms with Crippen LogP contribution in [-0.4, -0.2) is 15.0 Å². The van der Waals surface area contributed by atoms with Crippen LogP contribution in [0.4, 0.5) is 0 Å². The van der Waals surface area contributed by atoms with E-state index in [1.54, 1.807) is 0 Å². The fourth-order valence-corrected chi connectivity index (χ4v) is 8.43. The summed E-state index contributed by atoms with van der Waals surface area (Å²) in [5, 5.41) is 0.749. The summed E-state index contributed by atoms with van der Waals surface area (Å²) in [5.41, 5.74) is 9.22. The second-order valence-corrected chi connectivity index (χ2v) is 14.6. The summed E-state index contributed by atoms with van der Waals surface area (Å²) in [6, 6.07) is 41.0. The van der Waals surface area contributed by atoms with E-state index >= 15 is 0 Å². The lowest BCUT2D eigenvalue weighted by Gasteiger charge is -2.21. The van der Waals surface area contributed by atoms with Crippen molar-refractivity contribution in [1.29, 1.82) is 0 Å². The molecule has 0 atom stereocenters. The van der Waals surface area contributed by atoms with Gasteiger partial charge >= 0.3 is 0 Å². The highest BCUT2D eigenvalue weighted by molar-refractivity contribution is 7.26. The van der Waals surface area contributed by atoms with E-state index in [0.717, 1.165) is 44.7 Å². The molecule has 0 amide bonds. The number of thiophene rings is 1. The fourth-order valence-electron chi connectivity index (χ4n) is 7.41. The Labute approximate surface area is 315 Å². The number of nitrogens with zero attached hydrogens (tertiary/aromatic N) is 3. The van der Waals surface area contributed by atoms with E-state index in [1.807, 2.05) is 78.9 Å². The first-order chi connectivity index (χ1) is 28.0. The Kier molecular flexibility index (Phi) is 5.70. The largest absolute Gasteiger partial charge is 0.208 e. The maximum Gasteiger partial charge on any atom is 0.164 e. The summed E-state index contributed by atoms with van der Waals surface area (Å²) in [6.45, 7) is 4.43. The minimum atomic E-state index is -0.268. The van der Waals surface area contributed by atoms with Gasteiger partial charge in [-0.1, -0.05) is 159 Å². The molecule has 1 aliphatic carbocycles. The van der Waals surface area contributed by atoms with Crippen LogP contribution in [0.15, 0.2) is 164 Å². The maximum absolute atomic E-state index is 9.65. The van der Waals surface area contributed by atoms with Crippen LogP contribution in [0.1, 0.15) is 33.2 Å². The summed E-state index contributed by atoms with van der Waals surface area (Å²) in [7, 11) is 0. The van der Waals surface area contributed by atoms with Gasteiger partial charge in [-0.2, -0.15) is 0 Å². The Balaban J connectivity index is 1.21. The molecule has 0 unspecified atom stereocenters. The highest BCUT2D eigenvalue weighted by Crippen LogP contribution is 2.49. The molecule has 2 heterocycles. The third-order valence-electron chi connectivity index (χ3n) is 10.1. The molecule has 1 aliphatic rings. The molecule has 0 saturated heterocycles. The summed E-state index contributed by atoms with van der Waals surface area (Å²) in [5.74, 6) is 0.831. The highest BCUT2D eigenvalue weighted by Gasteiger charge is 2.35. The van der Waals surface area contributed by atoms with Crippen LogP contribution < -0.4 is 0 Å². The lowest BCUT2D eigenvalue weighted by atomic mass is 9.82. The van der Waals surface area contributed by atoms with Crippen molar-refractivity contribution >= 4 is 31.5 Å². The highest BCUT2D eigenvalue weighted by atomic mass is 32.1. The SMILES string of the molecule is [2H]c1c([2H])c(-c2ccccc2)c2c(sc3c([2H])c(-c4nc(-c5ccc(-c6ccccc6)cc5)nc(-c5ccc6c(c5)C(C)(C)c5ccccc5-6)n4)c([2H])c([2H])c32)c1[2H]. The Morgan fingerprint density at radius 1 is 0.481 bits per heavy atom. The van der Waals surface area contributed by atoms with E-state index in [9.17, 15) is 4.11 Å². The Bertz CT molecular complexity index is 3150. The van der Waals surface area contributed by atoms with Gasteiger partial charge in [-0.3, -0.25) is 0 Å². The number of hydrogen-bond donors (Lipinski definition) is 0. The first-order valence-electron chi connectivity index (χ1n) is 20.2. The predicted molar refractivity (Wildman–Crippen MR) is 217 cm³/mol. The molecule has 0 saturated carbocycles. The van der Waals surface area contributed by atoms with Gasteiger partial charge < -0.3 is 0 Å². The van der Waals surface area contributed by atoms with Gasteiger partial charge in [0.25, 0.3) is 0 Å². The van der Waals surface area contributed by atoms with E-state index in [4.69, 9.17) is 19.1 Å². The molecule has 246 valence electrons. The molecule has 7 aromatic carbocycles. The zero-order chi connectivity index (χ0) is 40.0. The van der Waals surface area contributed by atoms with Gasteiger partial charge in [-0.25, -0.2) is 15.0 Å². The standard InChI is InChI=1S/C48H33N3S/c1-48(2)40-18-10-9-16-37(40)38-26-24-34(28-41(38)48)46-49-45(33-22-20-31(21-23-33)30-12-5-3-6-13-30)50-47(51-46)35-25-27-39-43(29-35)52-42-19-11-17-36(44(39)42)32-14-7-4-8-15-32/h3-29H,1-2H3/i11D,17D,19D,25D,27D,29D. The van der Waals surface area contributed by atoms with Gasteiger partial charge in [0.2, 0.25) is 0 Å². The third-order valence-corrected chi connectivity index (χ3v) is 11.1. The Morgan fingerprint density at radius 2 is 1.08 bits per heavy atom. The van der Waals surface area contributed by atoms with E-state index in [0.29, 0.717) is 42.9 Å². The molecule has 0 bridgehead atoms. The molecule has 10 rings (SSSR count). The summed E-state index contributed by atoms with van der Waals surface area (Å²) in [6.07, 6.45) is 0. The molecule has 2 aromatic heterocycles. The zero-order valence-electron chi connectivity index (χ0n) is 34.4. The summed E-state index contributed by atoms with van der Waals surface area (Å²) < 4.78 is 55.8. The number of fused-ring (bicyclic) bond motifs is 6. The smallest absolute Gasteiger partial charge is 0.164 e. The van der Waals surface area contributed by atoms with Crippen LogP contribution in [0.2, 0.25) is 0 Å². The molecule has 3 nitrogen and oxygen atoms in total. The van der Waals surface area contributed by atoms with Crippen LogP contribution in [0, 0.1) is 0 Å². The fraction of sp³-hybridized carbons (Fsp3) is 0.0625. The first kappa shape index (κ1) is 24.8. The first-order valence-corrected chi connectivity index (χ1v) is 18.0. The van der Waals surface area contributed by atoms with Crippen LogP contribution in [0.25, 0.3) is 87.7 Å². The van der Waals surface area contributed by atoms with Crippen molar-refractivity contribution in [2.75, 3.05) is 0 Å². The van der Waals surface area contributed by atoms with E-state index < -0.39 is 0 Å². The maximum atomic E-state index is 9.65. The topological polar surface area (TPSA) is 38.7 Å². The van der Waals surface area contributed by atoms with Gasteiger partial charge in [0.05, 0.1) is 8.22 Å². The van der Waals surface area contributed by atoms with Crippen molar-refractivity contribution in [1.82, 2.24) is 15.0 Å². The molecule has 9 aromatic rings. The minimum Gasteiger partial charge on any atom is -0.208 e. The van der Waals surface area contributed by atoms with Crippen molar-refractivity contribution in [3.8, 4) is 67.5 Å². The quantitative estimate of drug-likeness (QED) is 0.181. The molecule has 0 fully saturated rings. The van der Waals surface area contributed by atoms with Crippen molar-refractivity contribution in [2.24, 2.45) is 0 Å². The van der Waals surface area contributed by atoms with Crippen LogP contribution in [-0.2, 0) is 5.41 Å². The van der Waals surface area contributed by atoms with Crippen LogP contribution in [0.3, 0.4) is 0 Å². The zero-order valence-corrected chi connectivity index (χ0v) is 29.2. The lowest BCUT2D eigenvalue weighted by Crippen LogP contribution is -2.15. The normalized spacial score (nSPS) is 14.6.